The molecule has 25 heavy (non-hydrogen) atoms. The number of hydrogen-bond donors (Lipinski definition) is 3. The van der Waals surface area contributed by atoms with E-state index in [1.54, 1.807) is 12.1 Å². The largest absolute Gasteiger partial charge is 0.493 e. The summed E-state index contributed by atoms with van der Waals surface area (Å²) < 4.78 is 10.9. The molecule has 3 rings (SSSR count). The summed E-state index contributed by atoms with van der Waals surface area (Å²) in [6, 6.07) is 11.0. The molecule has 6 nitrogen and oxygen atoms in total. The molecule has 1 aromatic heterocycles. The van der Waals surface area contributed by atoms with Gasteiger partial charge in [-0.25, -0.2) is 4.79 Å². The second-order valence-corrected chi connectivity index (χ2v) is 6.51. The van der Waals surface area contributed by atoms with E-state index in [4.69, 9.17) is 9.15 Å². The fraction of sp³-hybridized carbons (Fsp3) is 0.421. The van der Waals surface area contributed by atoms with E-state index >= 15 is 0 Å². The number of amides is 2. The summed E-state index contributed by atoms with van der Waals surface area (Å²) in [5.74, 6) is 1.69. The minimum Gasteiger partial charge on any atom is -0.493 e. The minimum absolute atomic E-state index is 0.177. The van der Waals surface area contributed by atoms with Crippen LogP contribution in [0.4, 0.5) is 4.79 Å². The average molecular weight is 344 g/mol. The van der Waals surface area contributed by atoms with Gasteiger partial charge in [-0.2, -0.15) is 0 Å². The summed E-state index contributed by atoms with van der Waals surface area (Å²) >= 11 is 0. The number of aliphatic hydroxyl groups excluding tert-OH is 1. The average Bonchev–Trinajstić information content (AvgIpc) is 3.14. The topological polar surface area (TPSA) is 83.7 Å². The quantitative estimate of drug-likeness (QED) is 0.752. The molecule has 1 aromatic carbocycles. The summed E-state index contributed by atoms with van der Waals surface area (Å²) in [5, 5.41) is 15.8. The van der Waals surface area contributed by atoms with Crippen LogP contribution in [-0.4, -0.2) is 30.3 Å². The molecule has 134 valence electrons. The van der Waals surface area contributed by atoms with Crippen molar-refractivity contribution in [2.24, 2.45) is 5.92 Å². The summed E-state index contributed by atoms with van der Waals surface area (Å²) in [5.41, 5.74) is 1.18. The molecule has 2 amide bonds. The maximum atomic E-state index is 12.0. The van der Waals surface area contributed by atoms with Crippen molar-refractivity contribution < 1.29 is 19.1 Å². The molecule has 0 bridgehead atoms. The van der Waals surface area contributed by atoms with Gasteiger partial charge in [0.25, 0.3) is 0 Å². The lowest BCUT2D eigenvalue weighted by atomic mass is 9.97. The van der Waals surface area contributed by atoms with Crippen LogP contribution >= 0.6 is 0 Å². The van der Waals surface area contributed by atoms with Crippen molar-refractivity contribution in [3.05, 3.63) is 54.0 Å². The Labute approximate surface area is 147 Å². The van der Waals surface area contributed by atoms with Gasteiger partial charge in [0.1, 0.15) is 17.6 Å². The van der Waals surface area contributed by atoms with Crippen molar-refractivity contribution in [3.63, 3.8) is 0 Å². The number of fused-ring (bicyclic) bond motifs is 1. The molecule has 0 aliphatic carbocycles. The lowest BCUT2D eigenvalue weighted by molar-refractivity contribution is 0.129. The van der Waals surface area contributed by atoms with Gasteiger partial charge in [-0.1, -0.05) is 18.2 Å². The van der Waals surface area contributed by atoms with Crippen LogP contribution in [0, 0.1) is 5.92 Å². The zero-order valence-electron chi connectivity index (χ0n) is 14.3. The number of benzene rings is 1. The molecule has 3 N–H and O–H groups in total. The predicted molar refractivity (Wildman–Crippen MR) is 93.4 cm³/mol. The number of carbonyl (C=O) groups excluding carboxylic acids is 1. The van der Waals surface area contributed by atoms with E-state index in [9.17, 15) is 9.90 Å². The van der Waals surface area contributed by atoms with Gasteiger partial charge in [0.05, 0.1) is 12.9 Å². The number of furan rings is 1. The molecule has 2 aromatic rings. The zero-order chi connectivity index (χ0) is 17.6. The first-order valence-corrected chi connectivity index (χ1v) is 8.58. The van der Waals surface area contributed by atoms with E-state index in [0.717, 1.165) is 12.2 Å². The number of aliphatic hydroxyl groups is 1. The van der Waals surface area contributed by atoms with E-state index in [0.29, 0.717) is 25.3 Å². The molecule has 6 heteroatoms. The van der Waals surface area contributed by atoms with Crippen LogP contribution in [0.1, 0.15) is 30.8 Å². The van der Waals surface area contributed by atoms with Crippen molar-refractivity contribution in [2.75, 3.05) is 13.2 Å². The van der Waals surface area contributed by atoms with Crippen LogP contribution < -0.4 is 15.4 Å². The van der Waals surface area contributed by atoms with E-state index in [1.165, 1.54) is 11.8 Å². The van der Waals surface area contributed by atoms with E-state index < -0.39 is 6.10 Å². The molecular weight excluding hydrogens is 320 g/mol. The lowest BCUT2D eigenvalue weighted by Gasteiger charge is -2.25. The van der Waals surface area contributed by atoms with E-state index in [1.807, 2.05) is 25.1 Å². The number of ether oxygens (including phenoxy) is 1. The number of rotatable bonds is 6. The van der Waals surface area contributed by atoms with Gasteiger partial charge in [0.15, 0.2) is 0 Å². The third-order valence-corrected chi connectivity index (χ3v) is 4.33. The normalized spacial score (nSPS) is 18.6. The second kappa shape index (κ2) is 8.07. The molecule has 0 saturated carbocycles. The highest BCUT2D eigenvalue weighted by atomic mass is 16.5. The fourth-order valence-electron chi connectivity index (χ4n) is 3.02. The Morgan fingerprint density at radius 2 is 2.16 bits per heavy atom. The zero-order valence-corrected chi connectivity index (χ0v) is 14.3. The highest BCUT2D eigenvalue weighted by Gasteiger charge is 2.21. The van der Waals surface area contributed by atoms with E-state index in [2.05, 4.69) is 16.7 Å². The number of urea groups is 1. The molecule has 1 aliphatic rings. The molecular formula is C19H24N2O4. The van der Waals surface area contributed by atoms with Crippen LogP contribution in [0.25, 0.3) is 0 Å². The van der Waals surface area contributed by atoms with Crippen LogP contribution in [0.3, 0.4) is 0 Å². The van der Waals surface area contributed by atoms with Crippen molar-refractivity contribution in [3.8, 4) is 5.75 Å². The van der Waals surface area contributed by atoms with Crippen molar-refractivity contribution in [1.82, 2.24) is 10.6 Å². The first kappa shape index (κ1) is 17.4. The Bertz CT molecular complexity index is 686. The Kier molecular flexibility index (Phi) is 5.60. The lowest BCUT2D eigenvalue weighted by Crippen LogP contribution is -2.44. The first-order valence-electron chi connectivity index (χ1n) is 8.58. The third-order valence-electron chi connectivity index (χ3n) is 4.33. The van der Waals surface area contributed by atoms with Gasteiger partial charge in [-0.3, -0.25) is 0 Å². The maximum Gasteiger partial charge on any atom is 0.315 e. The molecule has 3 atom stereocenters. The van der Waals surface area contributed by atoms with Crippen molar-refractivity contribution in [1.29, 1.82) is 0 Å². The molecule has 0 fully saturated rings. The molecule has 3 unspecified atom stereocenters. The maximum absolute atomic E-state index is 12.0. The van der Waals surface area contributed by atoms with E-state index in [-0.39, 0.29) is 18.0 Å². The Morgan fingerprint density at radius 3 is 2.96 bits per heavy atom. The summed E-state index contributed by atoms with van der Waals surface area (Å²) in [7, 11) is 0. The first-order chi connectivity index (χ1) is 12.1. The standard InChI is InChI=1S/C19H24N2O4/c1-13(9-16(22)18-7-4-8-24-18)21-19(23)20-11-14-10-15-5-2-3-6-17(15)25-12-14/h2-8,13-14,16,22H,9-12H2,1H3,(H2,20,21,23). The van der Waals surface area contributed by atoms with Crippen molar-refractivity contribution in [2.45, 2.75) is 31.9 Å². The van der Waals surface area contributed by atoms with Crippen LogP contribution in [-0.2, 0) is 6.42 Å². The van der Waals surface area contributed by atoms with Crippen LogP contribution in [0.5, 0.6) is 5.75 Å². The Morgan fingerprint density at radius 1 is 1.32 bits per heavy atom. The number of hydrogen-bond acceptors (Lipinski definition) is 4. The molecule has 2 heterocycles. The summed E-state index contributed by atoms with van der Waals surface area (Å²) in [6.45, 7) is 3.00. The second-order valence-electron chi connectivity index (χ2n) is 6.51. The Hall–Kier alpha value is -2.47. The van der Waals surface area contributed by atoms with Gasteiger partial charge in [0.2, 0.25) is 0 Å². The highest BCUT2D eigenvalue weighted by Crippen LogP contribution is 2.26. The minimum atomic E-state index is -0.728. The monoisotopic (exact) mass is 344 g/mol. The van der Waals surface area contributed by atoms with Crippen molar-refractivity contribution >= 4 is 6.03 Å². The van der Waals surface area contributed by atoms with Gasteiger partial charge in [0, 0.05) is 24.9 Å². The third kappa shape index (κ3) is 4.76. The highest BCUT2D eigenvalue weighted by molar-refractivity contribution is 5.74. The smallest absolute Gasteiger partial charge is 0.315 e. The fourth-order valence-corrected chi connectivity index (χ4v) is 3.02. The molecule has 0 saturated heterocycles. The number of carbonyl (C=O) groups is 1. The number of nitrogens with one attached hydrogen (secondary N) is 2. The molecule has 1 aliphatic heterocycles. The predicted octanol–water partition coefficient (Wildman–Crippen LogP) is 2.64. The van der Waals surface area contributed by atoms with Gasteiger partial charge < -0.3 is 24.9 Å². The molecule has 0 spiro atoms. The van der Waals surface area contributed by atoms with Crippen LogP contribution in [0.2, 0.25) is 0 Å². The van der Waals surface area contributed by atoms with Crippen LogP contribution in [0.15, 0.2) is 47.1 Å². The SMILES string of the molecule is CC(CC(O)c1ccco1)NC(=O)NCC1COc2ccccc2C1. The van der Waals surface area contributed by atoms with Gasteiger partial charge in [-0.15, -0.1) is 0 Å². The molecule has 0 radical (unpaired) electrons. The van der Waals surface area contributed by atoms with Gasteiger partial charge in [-0.05, 0) is 37.1 Å². The van der Waals surface area contributed by atoms with Gasteiger partial charge >= 0.3 is 6.03 Å². The Balaban J connectivity index is 1.39. The summed E-state index contributed by atoms with van der Waals surface area (Å²) in [4.78, 5) is 12.0. The number of para-hydroxylation sites is 1. The summed E-state index contributed by atoms with van der Waals surface area (Å²) in [6.07, 6.45) is 2.08.